The van der Waals surface area contributed by atoms with Crippen molar-refractivity contribution in [3.8, 4) is 11.1 Å². The molecule has 0 radical (unpaired) electrons. The molecule has 0 spiro atoms. The van der Waals surface area contributed by atoms with Gasteiger partial charge in [0.15, 0.2) is 0 Å². The van der Waals surface area contributed by atoms with E-state index in [1.807, 2.05) is 58.0 Å². The predicted octanol–water partition coefficient (Wildman–Crippen LogP) is 9.62. The fraction of sp³-hybridized carbons (Fsp3) is 0.297. The molecule has 2 rings (SSSR count). The first kappa shape index (κ1) is 45.1. The first-order valence-electron chi connectivity index (χ1n) is 15.3. The number of halogens is 4. The number of hydrogen-bond donors (Lipinski definition) is 2. The lowest BCUT2D eigenvalue weighted by Crippen LogP contribution is -2.20. The molecule has 2 aromatic rings. The van der Waals surface area contributed by atoms with Crippen LogP contribution in [-0.2, 0) is 15.8 Å². The predicted molar refractivity (Wildman–Crippen MR) is 193 cm³/mol. The average molecular weight is 672 g/mol. The number of hydrazone groups is 1. The number of benzene rings is 2. The zero-order chi connectivity index (χ0) is 37.3. The highest BCUT2D eigenvalue weighted by atomic mass is 19.4. The van der Waals surface area contributed by atoms with E-state index in [1.54, 1.807) is 12.1 Å². The SMILES string of the molecule is C=C(C)N(/N=C(\CC)CCC(=O)NC)C(=C)c1ccc(-c2ccc(C(F)(F)F)cc2)cc1.C=CCC.C=CN=C(F)/C=C/C(N)=O.CC. The van der Waals surface area contributed by atoms with Crippen molar-refractivity contribution >= 4 is 29.2 Å². The summed E-state index contributed by atoms with van der Waals surface area (Å²) in [5, 5.41) is 8.90. The Morgan fingerprint density at radius 2 is 1.44 bits per heavy atom. The maximum atomic E-state index is 12.8. The third-order valence-corrected chi connectivity index (χ3v) is 5.84. The van der Waals surface area contributed by atoms with Crippen molar-refractivity contribution in [3.05, 3.63) is 116 Å². The van der Waals surface area contributed by atoms with Crippen LogP contribution in [0.1, 0.15) is 71.4 Å². The molecule has 7 nitrogen and oxygen atoms in total. The lowest BCUT2D eigenvalue weighted by atomic mass is 10.0. The quantitative estimate of drug-likeness (QED) is 0.0729. The van der Waals surface area contributed by atoms with Gasteiger partial charge in [-0.05, 0) is 61.1 Å². The normalized spacial score (nSPS) is 11.0. The fourth-order valence-electron chi connectivity index (χ4n) is 3.31. The molecular weight excluding hydrogens is 622 g/mol. The van der Waals surface area contributed by atoms with E-state index >= 15 is 0 Å². The molecule has 0 aliphatic carbocycles. The van der Waals surface area contributed by atoms with Gasteiger partial charge in [-0.1, -0.05) is 89.9 Å². The third kappa shape index (κ3) is 18.8. The molecule has 0 atom stereocenters. The van der Waals surface area contributed by atoms with Gasteiger partial charge in [0.2, 0.25) is 17.8 Å². The van der Waals surface area contributed by atoms with Gasteiger partial charge in [-0.3, -0.25) is 9.59 Å². The summed E-state index contributed by atoms with van der Waals surface area (Å²) in [5.74, 6) is -1.56. The van der Waals surface area contributed by atoms with E-state index in [1.165, 1.54) is 12.1 Å². The summed E-state index contributed by atoms with van der Waals surface area (Å²) in [7, 11) is 1.60. The molecule has 11 heteroatoms. The van der Waals surface area contributed by atoms with Gasteiger partial charge >= 0.3 is 6.18 Å². The second kappa shape index (κ2) is 25.1. The lowest BCUT2D eigenvalue weighted by molar-refractivity contribution is -0.137. The molecule has 0 aliphatic heterocycles. The maximum absolute atomic E-state index is 12.8. The highest BCUT2D eigenvalue weighted by molar-refractivity contribution is 5.95. The molecular formula is C37H49F4N5O2. The highest BCUT2D eigenvalue weighted by Crippen LogP contribution is 2.31. The molecule has 0 saturated heterocycles. The summed E-state index contributed by atoms with van der Waals surface area (Å²) < 4.78 is 50.5. The van der Waals surface area contributed by atoms with E-state index in [2.05, 4.69) is 54.4 Å². The number of aliphatic imine (C=N–C) groups is 1. The Morgan fingerprint density at radius 1 is 0.938 bits per heavy atom. The summed E-state index contributed by atoms with van der Waals surface area (Å²) >= 11 is 0. The molecule has 0 aliphatic rings. The van der Waals surface area contributed by atoms with Gasteiger partial charge in [0.25, 0.3) is 0 Å². The van der Waals surface area contributed by atoms with E-state index in [4.69, 9.17) is 0 Å². The zero-order valence-corrected chi connectivity index (χ0v) is 28.8. The summed E-state index contributed by atoms with van der Waals surface area (Å²) in [6.45, 7) is 24.6. The first-order valence-corrected chi connectivity index (χ1v) is 15.3. The van der Waals surface area contributed by atoms with Crippen molar-refractivity contribution in [2.75, 3.05) is 7.05 Å². The van der Waals surface area contributed by atoms with Crippen LogP contribution in [0.25, 0.3) is 16.8 Å². The molecule has 2 aromatic carbocycles. The highest BCUT2D eigenvalue weighted by Gasteiger charge is 2.30. The van der Waals surface area contributed by atoms with E-state index in [0.29, 0.717) is 36.2 Å². The van der Waals surface area contributed by atoms with Crippen LogP contribution in [0.3, 0.4) is 0 Å². The summed E-state index contributed by atoms with van der Waals surface area (Å²) in [6, 6.07) is 12.4. The van der Waals surface area contributed by atoms with Crippen LogP contribution < -0.4 is 11.1 Å². The smallest absolute Gasteiger partial charge is 0.366 e. The van der Waals surface area contributed by atoms with Crippen LogP contribution >= 0.6 is 0 Å². The Hall–Kier alpha value is -5.06. The number of amides is 2. The number of carbonyl (C=O) groups is 2. The van der Waals surface area contributed by atoms with Crippen molar-refractivity contribution in [2.24, 2.45) is 15.8 Å². The Balaban J connectivity index is 0. The van der Waals surface area contributed by atoms with E-state index in [0.717, 1.165) is 53.7 Å². The minimum absolute atomic E-state index is 0.0503. The van der Waals surface area contributed by atoms with Gasteiger partial charge < -0.3 is 11.1 Å². The topological polar surface area (TPSA) is 100 Å². The van der Waals surface area contributed by atoms with E-state index < -0.39 is 23.6 Å². The van der Waals surface area contributed by atoms with Crippen LogP contribution in [0.15, 0.2) is 115 Å². The minimum atomic E-state index is -4.36. The zero-order valence-electron chi connectivity index (χ0n) is 28.8. The van der Waals surface area contributed by atoms with Crippen molar-refractivity contribution in [1.29, 1.82) is 0 Å². The largest absolute Gasteiger partial charge is 0.416 e. The Kier molecular flexibility index (Phi) is 23.5. The number of hydrogen-bond acceptors (Lipinski definition) is 5. The summed E-state index contributed by atoms with van der Waals surface area (Å²) in [6.07, 6.45) is 2.93. The molecule has 262 valence electrons. The van der Waals surface area contributed by atoms with Gasteiger partial charge in [-0.25, -0.2) is 10.0 Å². The van der Waals surface area contributed by atoms with Crippen LogP contribution in [0.4, 0.5) is 17.6 Å². The van der Waals surface area contributed by atoms with Gasteiger partial charge in [-0.2, -0.15) is 22.7 Å². The number of nitrogens with zero attached hydrogens (tertiary/aromatic N) is 3. The van der Waals surface area contributed by atoms with Gasteiger partial charge in [-0.15, -0.1) is 6.58 Å². The molecule has 2 amide bonds. The number of rotatable bonds is 13. The van der Waals surface area contributed by atoms with E-state index in [9.17, 15) is 27.2 Å². The molecule has 0 bridgehead atoms. The number of primary amides is 1. The van der Waals surface area contributed by atoms with E-state index in [-0.39, 0.29) is 5.91 Å². The monoisotopic (exact) mass is 671 g/mol. The molecule has 0 heterocycles. The van der Waals surface area contributed by atoms with Crippen molar-refractivity contribution < 1.29 is 27.2 Å². The Bertz CT molecular complexity index is 1410. The number of carbonyl (C=O) groups excluding carboxylic acids is 2. The molecule has 0 saturated carbocycles. The standard InChI is InChI=1S/C25H28F3N3O.C6H7FN2O.C4H8.C2H6/c1-6-23(15-16-24(32)29-5)30-31(17(2)3)18(4)19-7-9-20(10-8-19)21-11-13-22(14-12-21)25(26,27)28;1-2-9-5(7)3-4-6(8)10;1-3-4-2;1-2/h7-14H,2,4,6,15-16H2,1,3,5H3,(H,29,32);2-4H,1H2,(H2,8,10);3H,1,4H2,2H3;1-2H3/b30-23+;4-3+,9-5?;;. The number of alkyl halides is 3. The molecule has 0 unspecified atom stereocenters. The summed E-state index contributed by atoms with van der Waals surface area (Å²) in [5.41, 5.74) is 8.40. The van der Waals surface area contributed by atoms with Crippen molar-refractivity contribution in [1.82, 2.24) is 10.3 Å². The minimum Gasteiger partial charge on any atom is -0.366 e. The third-order valence-electron chi connectivity index (χ3n) is 5.84. The van der Waals surface area contributed by atoms with Crippen molar-refractivity contribution in [3.63, 3.8) is 0 Å². The first-order chi connectivity index (χ1) is 22.6. The van der Waals surface area contributed by atoms with Gasteiger partial charge in [0, 0.05) is 37.2 Å². The molecule has 0 aromatic heterocycles. The maximum Gasteiger partial charge on any atom is 0.416 e. The van der Waals surface area contributed by atoms with Gasteiger partial charge in [0.05, 0.1) is 11.3 Å². The average Bonchev–Trinajstić information content (AvgIpc) is 3.08. The molecule has 0 fully saturated rings. The second-order valence-electron chi connectivity index (χ2n) is 9.41. The van der Waals surface area contributed by atoms with Crippen LogP contribution in [0.5, 0.6) is 0 Å². The molecule has 3 N–H and O–H groups in total. The number of allylic oxidation sites excluding steroid dienone is 3. The van der Waals surface area contributed by atoms with Crippen LogP contribution in [0.2, 0.25) is 0 Å². The molecule has 48 heavy (non-hydrogen) atoms. The fourth-order valence-corrected chi connectivity index (χ4v) is 3.31. The van der Waals surface area contributed by atoms with Crippen LogP contribution in [-0.4, -0.2) is 35.5 Å². The second-order valence-corrected chi connectivity index (χ2v) is 9.41. The van der Waals surface area contributed by atoms with Crippen LogP contribution in [0, 0.1) is 0 Å². The lowest BCUT2D eigenvalue weighted by Gasteiger charge is -2.23. The number of nitrogens with two attached hydrogens (primary N) is 1. The Labute approximate surface area is 283 Å². The summed E-state index contributed by atoms with van der Waals surface area (Å²) in [4.78, 5) is 24.7. The van der Waals surface area contributed by atoms with Gasteiger partial charge in [0.1, 0.15) is 0 Å². The van der Waals surface area contributed by atoms with Crippen molar-refractivity contribution in [2.45, 2.75) is 66.5 Å². The number of nitrogens with one attached hydrogen (secondary N) is 1. The Morgan fingerprint density at radius 3 is 1.81 bits per heavy atom.